The van der Waals surface area contributed by atoms with Crippen LogP contribution in [0.15, 0.2) is 24.5 Å². The zero-order chi connectivity index (χ0) is 8.55. The molecule has 0 aliphatic heterocycles. The Labute approximate surface area is 67.9 Å². The summed E-state index contributed by atoms with van der Waals surface area (Å²) in [5.74, 6) is -0.953. The van der Waals surface area contributed by atoms with Crippen molar-refractivity contribution in [3.05, 3.63) is 30.2 Å². The Kier molecular flexibility index (Phi) is 1.33. The van der Waals surface area contributed by atoms with Gasteiger partial charge in [-0.25, -0.2) is 4.79 Å². The fourth-order valence-corrected chi connectivity index (χ4v) is 1.09. The number of carboxylic acid groups (broad SMARTS) is 1. The van der Waals surface area contributed by atoms with Crippen molar-refractivity contribution in [1.29, 1.82) is 0 Å². The fourth-order valence-electron chi connectivity index (χ4n) is 1.09. The molecule has 12 heavy (non-hydrogen) atoms. The molecule has 0 bridgehead atoms. The Morgan fingerprint density at radius 2 is 2.42 bits per heavy atom. The van der Waals surface area contributed by atoms with Crippen LogP contribution in [0.3, 0.4) is 0 Å². The lowest BCUT2D eigenvalue weighted by Crippen LogP contribution is -1.94. The number of rotatable bonds is 1. The molecule has 0 aliphatic carbocycles. The van der Waals surface area contributed by atoms with Crippen molar-refractivity contribution in [2.24, 2.45) is 0 Å². The van der Waals surface area contributed by atoms with Crippen molar-refractivity contribution >= 4 is 16.9 Å². The van der Waals surface area contributed by atoms with Crippen molar-refractivity contribution in [3.63, 3.8) is 0 Å². The number of carboxylic acids is 1. The normalized spacial score (nSPS) is 10.3. The van der Waals surface area contributed by atoms with E-state index in [0.717, 1.165) is 10.9 Å². The van der Waals surface area contributed by atoms with Crippen LogP contribution >= 0.6 is 0 Å². The number of aromatic amines is 1. The first kappa shape index (κ1) is 6.84. The molecule has 4 nitrogen and oxygen atoms in total. The molecule has 2 rings (SSSR count). The number of nitrogens with zero attached hydrogens (tertiary/aromatic N) is 1. The maximum absolute atomic E-state index is 10.5. The highest BCUT2D eigenvalue weighted by molar-refractivity contribution is 5.93. The van der Waals surface area contributed by atoms with E-state index in [0.29, 0.717) is 0 Å². The number of aromatic nitrogens is 2. The van der Waals surface area contributed by atoms with E-state index in [-0.39, 0.29) is 5.69 Å². The first-order valence-corrected chi connectivity index (χ1v) is 3.43. The molecule has 0 aromatic carbocycles. The monoisotopic (exact) mass is 162 g/mol. The van der Waals surface area contributed by atoms with E-state index in [9.17, 15) is 4.79 Å². The Bertz CT molecular complexity index is 400. The molecule has 0 atom stereocenters. The molecular weight excluding hydrogens is 156 g/mol. The van der Waals surface area contributed by atoms with Gasteiger partial charge in [0.25, 0.3) is 0 Å². The number of fused-ring (bicyclic) bond motifs is 1. The standard InChI is InChI=1S/C8H6N2O2/c11-8(12)6-3-5-1-2-9-4-7(5)10-6/h1-4,10H,(H,11,12). The number of aromatic carboxylic acids is 1. The lowest BCUT2D eigenvalue weighted by Gasteiger charge is -1.84. The molecule has 0 fully saturated rings. The van der Waals surface area contributed by atoms with Gasteiger partial charge in [-0.3, -0.25) is 4.98 Å². The Morgan fingerprint density at radius 1 is 1.58 bits per heavy atom. The fraction of sp³-hybridized carbons (Fsp3) is 0. The summed E-state index contributed by atoms with van der Waals surface area (Å²) in [5, 5.41) is 9.50. The largest absolute Gasteiger partial charge is 0.477 e. The minimum absolute atomic E-state index is 0.193. The van der Waals surface area contributed by atoms with Crippen molar-refractivity contribution in [1.82, 2.24) is 9.97 Å². The number of pyridine rings is 1. The van der Waals surface area contributed by atoms with Gasteiger partial charge in [-0.15, -0.1) is 0 Å². The third kappa shape index (κ3) is 0.934. The predicted octanol–water partition coefficient (Wildman–Crippen LogP) is 1.26. The second-order valence-corrected chi connectivity index (χ2v) is 2.45. The third-order valence-corrected chi connectivity index (χ3v) is 1.65. The zero-order valence-electron chi connectivity index (χ0n) is 6.11. The minimum Gasteiger partial charge on any atom is -0.477 e. The van der Waals surface area contributed by atoms with Crippen LogP contribution in [0.2, 0.25) is 0 Å². The van der Waals surface area contributed by atoms with E-state index in [1.807, 2.05) is 0 Å². The van der Waals surface area contributed by atoms with E-state index in [1.165, 1.54) is 0 Å². The van der Waals surface area contributed by atoms with Crippen LogP contribution in [0.5, 0.6) is 0 Å². The second kappa shape index (κ2) is 2.34. The lowest BCUT2D eigenvalue weighted by molar-refractivity contribution is 0.0691. The van der Waals surface area contributed by atoms with Crippen molar-refractivity contribution in [2.75, 3.05) is 0 Å². The van der Waals surface area contributed by atoms with Crippen LogP contribution in [0.25, 0.3) is 10.9 Å². The average molecular weight is 162 g/mol. The third-order valence-electron chi connectivity index (χ3n) is 1.65. The number of hydrogen-bond acceptors (Lipinski definition) is 2. The van der Waals surface area contributed by atoms with Gasteiger partial charge in [0.1, 0.15) is 5.69 Å². The molecule has 4 heteroatoms. The van der Waals surface area contributed by atoms with E-state index < -0.39 is 5.97 Å². The van der Waals surface area contributed by atoms with Crippen LogP contribution < -0.4 is 0 Å². The van der Waals surface area contributed by atoms with Gasteiger partial charge >= 0.3 is 5.97 Å². The average Bonchev–Trinajstić information content (AvgIpc) is 2.46. The molecule has 2 heterocycles. The van der Waals surface area contributed by atoms with Crippen LogP contribution in [0.4, 0.5) is 0 Å². The van der Waals surface area contributed by atoms with Gasteiger partial charge in [-0.2, -0.15) is 0 Å². The summed E-state index contributed by atoms with van der Waals surface area (Å²) in [6.45, 7) is 0. The van der Waals surface area contributed by atoms with Crippen LogP contribution in [-0.2, 0) is 0 Å². The highest BCUT2D eigenvalue weighted by Gasteiger charge is 2.05. The molecule has 0 aliphatic rings. The second-order valence-electron chi connectivity index (χ2n) is 2.45. The minimum atomic E-state index is -0.953. The van der Waals surface area contributed by atoms with Gasteiger partial charge in [0.2, 0.25) is 0 Å². The van der Waals surface area contributed by atoms with Gasteiger partial charge in [-0.05, 0) is 12.1 Å². The topological polar surface area (TPSA) is 66.0 Å². The van der Waals surface area contributed by atoms with Gasteiger partial charge in [0, 0.05) is 11.6 Å². The van der Waals surface area contributed by atoms with Gasteiger partial charge in [0.15, 0.2) is 0 Å². The van der Waals surface area contributed by atoms with Crippen LogP contribution in [0.1, 0.15) is 10.5 Å². The molecule has 2 aromatic heterocycles. The quantitative estimate of drug-likeness (QED) is 0.663. The van der Waals surface area contributed by atoms with E-state index in [4.69, 9.17) is 5.11 Å². The maximum Gasteiger partial charge on any atom is 0.352 e. The first-order chi connectivity index (χ1) is 5.77. The van der Waals surface area contributed by atoms with Crippen molar-refractivity contribution in [2.45, 2.75) is 0 Å². The van der Waals surface area contributed by atoms with E-state index >= 15 is 0 Å². The van der Waals surface area contributed by atoms with E-state index in [1.54, 1.807) is 24.5 Å². The van der Waals surface area contributed by atoms with Gasteiger partial charge < -0.3 is 10.1 Å². The van der Waals surface area contributed by atoms with Gasteiger partial charge in [-0.1, -0.05) is 0 Å². The highest BCUT2D eigenvalue weighted by atomic mass is 16.4. The zero-order valence-corrected chi connectivity index (χ0v) is 6.11. The molecule has 0 saturated carbocycles. The number of carbonyl (C=O) groups is 1. The van der Waals surface area contributed by atoms with Crippen molar-refractivity contribution in [3.8, 4) is 0 Å². The summed E-state index contributed by atoms with van der Waals surface area (Å²) < 4.78 is 0. The molecule has 60 valence electrons. The molecule has 0 spiro atoms. The number of H-pyrrole nitrogens is 1. The molecule has 0 saturated heterocycles. The SMILES string of the molecule is O=C(O)c1cc2ccncc2[nH]1. The predicted molar refractivity (Wildman–Crippen MR) is 43.1 cm³/mol. The smallest absolute Gasteiger partial charge is 0.352 e. The number of nitrogens with one attached hydrogen (secondary N) is 1. The summed E-state index contributed by atoms with van der Waals surface area (Å²) in [6, 6.07) is 3.34. The van der Waals surface area contributed by atoms with Crippen molar-refractivity contribution < 1.29 is 9.90 Å². The van der Waals surface area contributed by atoms with Gasteiger partial charge in [0.05, 0.1) is 11.7 Å². The summed E-state index contributed by atoms with van der Waals surface area (Å²) in [5.41, 5.74) is 0.938. The Hall–Kier alpha value is -1.84. The molecular formula is C8H6N2O2. The summed E-state index contributed by atoms with van der Waals surface area (Å²) in [4.78, 5) is 17.1. The Balaban J connectivity index is 2.70. The summed E-state index contributed by atoms with van der Waals surface area (Å²) >= 11 is 0. The lowest BCUT2D eigenvalue weighted by atomic mass is 10.3. The van der Waals surface area contributed by atoms with E-state index in [2.05, 4.69) is 9.97 Å². The molecule has 2 N–H and O–H groups in total. The summed E-state index contributed by atoms with van der Waals surface area (Å²) in [7, 11) is 0. The highest BCUT2D eigenvalue weighted by Crippen LogP contribution is 2.12. The molecule has 0 unspecified atom stereocenters. The maximum atomic E-state index is 10.5. The first-order valence-electron chi connectivity index (χ1n) is 3.43. The molecule has 0 radical (unpaired) electrons. The Morgan fingerprint density at radius 3 is 3.08 bits per heavy atom. The van der Waals surface area contributed by atoms with Crippen LogP contribution in [0, 0.1) is 0 Å². The summed E-state index contributed by atoms with van der Waals surface area (Å²) in [6.07, 6.45) is 3.23. The van der Waals surface area contributed by atoms with Crippen LogP contribution in [-0.4, -0.2) is 21.0 Å². The number of hydrogen-bond donors (Lipinski definition) is 2. The molecule has 2 aromatic rings. The molecule has 0 amide bonds.